The highest BCUT2D eigenvalue weighted by molar-refractivity contribution is 7.87. The van der Waals surface area contributed by atoms with Crippen molar-refractivity contribution in [2.24, 2.45) is 5.92 Å². The van der Waals surface area contributed by atoms with E-state index >= 15 is 0 Å². The molecule has 0 aliphatic rings. The summed E-state index contributed by atoms with van der Waals surface area (Å²) < 4.78 is 105. The molecular formula is C7H2F6N2O4S. The zero-order valence-electron chi connectivity index (χ0n) is 8.82. The Labute approximate surface area is 106 Å². The minimum Gasteiger partial charge on any atom is -0.290 e. The number of carbonyl (C=O) groups is 1. The van der Waals surface area contributed by atoms with Gasteiger partial charge in [0, 0.05) is 0 Å². The van der Waals surface area contributed by atoms with Gasteiger partial charge in [-0.25, -0.2) is 0 Å². The van der Waals surface area contributed by atoms with Crippen LogP contribution in [0.5, 0.6) is 0 Å². The molecular weight excluding hydrogens is 322 g/mol. The maximum atomic E-state index is 13.0. The average molecular weight is 324 g/mol. The maximum Gasteiger partial charge on any atom is 0.438 e. The molecule has 13 heteroatoms. The summed E-state index contributed by atoms with van der Waals surface area (Å²) in [6, 6.07) is 1.08. The zero-order valence-corrected chi connectivity index (χ0v) is 9.64. The normalized spacial score (nSPS) is 13.7. The highest BCUT2D eigenvalue weighted by Gasteiger charge is 2.80. The molecule has 0 aromatic heterocycles. The molecule has 112 valence electrons. The Bertz CT molecular complexity index is 588. The Kier molecular flexibility index (Phi) is 4.46. The monoisotopic (exact) mass is 324 g/mol. The molecule has 0 saturated heterocycles. The standard InChI is InChI=1S/C7H2F6N2O4S/c8-5(9,4(16)3(1-14)2-15)6(10,11)7(12,13)20(17,18)19/h3H,(H,17,18,19). The van der Waals surface area contributed by atoms with Gasteiger partial charge in [-0.3, -0.25) is 9.35 Å². The average Bonchev–Trinajstić information content (AvgIpc) is 2.28. The minimum absolute atomic E-state index is 0.539. The van der Waals surface area contributed by atoms with E-state index in [0.29, 0.717) is 12.1 Å². The fourth-order valence-electron chi connectivity index (χ4n) is 0.827. The minimum atomic E-state index is -7.00. The summed E-state index contributed by atoms with van der Waals surface area (Å²) in [5.74, 6) is -19.5. The van der Waals surface area contributed by atoms with Crippen LogP contribution in [0.3, 0.4) is 0 Å². The highest BCUT2D eigenvalue weighted by atomic mass is 32.2. The predicted molar refractivity (Wildman–Crippen MR) is 46.1 cm³/mol. The van der Waals surface area contributed by atoms with E-state index < -0.39 is 38.9 Å². The van der Waals surface area contributed by atoms with Crippen molar-refractivity contribution < 1.29 is 44.1 Å². The molecule has 6 nitrogen and oxygen atoms in total. The van der Waals surface area contributed by atoms with Crippen molar-refractivity contribution in [1.82, 2.24) is 0 Å². The van der Waals surface area contributed by atoms with Crippen molar-refractivity contribution in [3.63, 3.8) is 0 Å². The summed E-state index contributed by atoms with van der Waals surface area (Å²) in [5, 5.41) is 9.41. The van der Waals surface area contributed by atoms with Gasteiger partial charge in [0.25, 0.3) is 0 Å². The Morgan fingerprint density at radius 3 is 1.65 bits per heavy atom. The van der Waals surface area contributed by atoms with Crippen molar-refractivity contribution in [3.05, 3.63) is 0 Å². The predicted octanol–water partition coefficient (Wildman–Crippen LogP) is 0.970. The van der Waals surface area contributed by atoms with Crippen molar-refractivity contribution in [2.45, 2.75) is 17.1 Å². The van der Waals surface area contributed by atoms with Crippen LogP contribution in [0.4, 0.5) is 26.3 Å². The molecule has 0 amide bonds. The molecule has 20 heavy (non-hydrogen) atoms. The molecule has 0 radical (unpaired) electrons. The first kappa shape index (κ1) is 18.1. The van der Waals surface area contributed by atoms with Gasteiger partial charge in [-0.15, -0.1) is 0 Å². The van der Waals surface area contributed by atoms with Crippen LogP contribution in [-0.2, 0) is 14.9 Å². The van der Waals surface area contributed by atoms with E-state index in [4.69, 9.17) is 15.1 Å². The van der Waals surface area contributed by atoms with Gasteiger partial charge < -0.3 is 0 Å². The van der Waals surface area contributed by atoms with Crippen molar-refractivity contribution in [3.8, 4) is 12.1 Å². The number of rotatable bonds is 5. The number of Topliss-reactive ketones (excluding diaryl/α,β-unsaturated/α-hetero) is 1. The Morgan fingerprint density at radius 2 is 1.40 bits per heavy atom. The van der Waals surface area contributed by atoms with Crippen LogP contribution in [0.15, 0.2) is 0 Å². The largest absolute Gasteiger partial charge is 0.438 e. The summed E-state index contributed by atoms with van der Waals surface area (Å²) in [5.41, 5.74) is 0. The van der Waals surface area contributed by atoms with E-state index in [-0.39, 0.29) is 0 Å². The van der Waals surface area contributed by atoms with Crippen LogP contribution in [0.1, 0.15) is 0 Å². The van der Waals surface area contributed by atoms with Gasteiger partial charge in [0.2, 0.25) is 5.78 Å². The van der Waals surface area contributed by atoms with E-state index in [1.807, 2.05) is 0 Å². The lowest BCUT2D eigenvalue weighted by atomic mass is 9.97. The van der Waals surface area contributed by atoms with Crippen LogP contribution in [0.2, 0.25) is 0 Å². The van der Waals surface area contributed by atoms with E-state index in [1.165, 1.54) is 0 Å². The van der Waals surface area contributed by atoms with Crippen LogP contribution >= 0.6 is 0 Å². The topological polar surface area (TPSA) is 119 Å². The van der Waals surface area contributed by atoms with E-state index in [9.17, 15) is 39.6 Å². The number of ketones is 1. The second-order valence-electron chi connectivity index (χ2n) is 3.20. The first-order chi connectivity index (χ1) is 8.68. The van der Waals surface area contributed by atoms with Crippen LogP contribution in [0.25, 0.3) is 0 Å². The van der Waals surface area contributed by atoms with Gasteiger partial charge in [-0.1, -0.05) is 0 Å². The molecule has 1 N–H and O–H groups in total. The van der Waals surface area contributed by atoms with Crippen LogP contribution in [0, 0.1) is 28.6 Å². The third-order valence-electron chi connectivity index (χ3n) is 1.91. The van der Waals surface area contributed by atoms with Gasteiger partial charge >= 0.3 is 27.2 Å². The third kappa shape index (κ3) is 2.41. The number of carbonyl (C=O) groups excluding carboxylic acids is 1. The summed E-state index contributed by atoms with van der Waals surface area (Å²) in [4.78, 5) is 10.8. The zero-order chi connectivity index (χ0) is 16.6. The maximum absolute atomic E-state index is 13.0. The molecule has 0 heterocycles. The lowest BCUT2D eigenvalue weighted by molar-refractivity contribution is -0.269. The first-order valence-electron chi connectivity index (χ1n) is 4.12. The molecule has 0 aromatic rings. The number of alkyl halides is 6. The van der Waals surface area contributed by atoms with Gasteiger partial charge in [0.05, 0.1) is 12.1 Å². The summed E-state index contributed by atoms with van der Waals surface area (Å²) in [7, 11) is -7.00. The number of nitriles is 2. The Morgan fingerprint density at radius 1 is 1.05 bits per heavy atom. The smallest absolute Gasteiger partial charge is 0.290 e. The SMILES string of the molecule is N#CC(C#N)C(=O)C(F)(F)C(F)(F)C(F)(F)S(=O)(=O)O. The van der Waals surface area contributed by atoms with Crippen LogP contribution < -0.4 is 0 Å². The third-order valence-corrected chi connectivity index (χ3v) is 2.82. The summed E-state index contributed by atoms with van der Waals surface area (Å²) >= 11 is 0. The molecule has 0 rings (SSSR count). The van der Waals surface area contributed by atoms with E-state index in [2.05, 4.69) is 0 Å². The Hall–Kier alpha value is -1.86. The van der Waals surface area contributed by atoms with Crippen LogP contribution in [-0.4, -0.2) is 35.9 Å². The fourth-order valence-corrected chi connectivity index (χ4v) is 1.28. The number of hydrogen-bond donors (Lipinski definition) is 1. The van der Waals surface area contributed by atoms with Crippen molar-refractivity contribution in [2.75, 3.05) is 0 Å². The molecule has 0 aliphatic carbocycles. The first-order valence-corrected chi connectivity index (χ1v) is 5.56. The summed E-state index contributed by atoms with van der Waals surface area (Å²) in [6.07, 6.45) is 0. The molecule has 0 aromatic carbocycles. The fraction of sp³-hybridized carbons (Fsp3) is 0.571. The molecule has 0 bridgehead atoms. The number of halogens is 6. The molecule has 0 unspecified atom stereocenters. The molecule has 0 fully saturated rings. The molecule has 0 spiro atoms. The van der Waals surface area contributed by atoms with Gasteiger partial charge in [-0.2, -0.15) is 45.3 Å². The molecule has 0 aliphatic heterocycles. The quantitative estimate of drug-likeness (QED) is 0.594. The lowest BCUT2D eigenvalue weighted by Gasteiger charge is -2.29. The number of nitrogens with zero attached hydrogens (tertiary/aromatic N) is 2. The lowest BCUT2D eigenvalue weighted by Crippen LogP contribution is -2.61. The van der Waals surface area contributed by atoms with Crippen molar-refractivity contribution in [1.29, 1.82) is 10.5 Å². The van der Waals surface area contributed by atoms with Gasteiger partial charge in [0.1, 0.15) is 0 Å². The number of hydrogen-bond acceptors (Lipinski definition) is 5. The van der Waals surface area contributed by atoms with E-state index in [0.717, 1.165) is 0 Å². The Balaban J connectivity index is 6.04. The summed E-state index contributed by atoms with van der Waals surface area (Å²) in [6.45, 7) is 0. The van der Waals surface area contributed by atoms with E-state index in [1.54, 1.807) is 0 Å². The van der Waals surface area contributed by atoms with Gasteiger partial charge in [0.15, 0.2) is 5.92 Å². The van der Waals surface area contributed by atoms with Crippen molar-refractivity contribution >= 4 is 15.9 Å². The molecule has 0 saturated carbocycles. The second-order valence-corrected chi connectivity index (χ2v) is 4.66. The highest BCUT2D eigenvalue weighted by Crippen LogP contribution is 2.49. The van der Waals surface area contributed by atoms with Gasteiger partial charge in [-0.05, 0) is 0 Å². The molecule has 0 atom stereocenters. The second kappa shape index (κ2) is 4.92.